The fraction of sp³-hybridized carbons (Fsp3) is 0.250. The molecule has 0 aliphatic carbocycles. The van der Waals surface area contributed by atoms with E-state index in [0.717, 1.165) is 23.1 Å². The highest BCUT2D eigenvalue weighted by Crippen LogP contribution is 2.33. The second-order valence-corrected chi connectivity index (χ2v) is 5.17. The highest BCUT2D eigenvalue weighted by molar-refractivity contribution is 9.10. The van der Waals surface area contributed by atoms with E-state index in [0.29, 0.717) is 28.2 Å². The summed E-state index contributed by atoms with van der Waals surface area (Å²) in [6, 6.07) is 3.07. The Morgan fingerprint density at radius 1 is 1.41 bits per heavy atom. The lowest BCUT2D eigenvalue weighted by atomic mass is 10.1. The van der Waals surface area contributed by atoms with E-state index >= 15 is 0 Å². The first-order chi connectivity index (χ1) is 8.16. The summed E-state index contributed by atoms with van der Waals surface area (Å²) in [5.41, 5.74) is 2.43. The van der Waals surface area contributed by atoms with Gasteiger partial charge in [0.25, 0.3) is 0 Å². The Labute approximate surface area is 111 Å². The molecule has 0 atom stereocenters. The fourth-order valence-corrected chi connectivity index (χ4v) is 2.66. The second kappa shape index (κ2) is 4.19. The molecule has 0 unspecified atom stereocenters. The first-order valence-electron chi connectivity index (χ1n) is 5.20. The predicted octanol–water partition coefficient (Wildman–Crippen LogP) is 3.86. The number of halogens is 3. The maximum absolute atomic E-state index is 13.5. The van der Waals surface area contributed by atoms with Crippen LogP contribution in [-0.4, -0.2) is 11.6 Å². The number of pyridine rings is 1. The molecule has 0 N–H and O–H groups in total. The van der Waals surface area contributed by atoms with Crippen LogP contribution in [0.2, 0.25) is 5.02 Å². The molecule has 5 heteroatoms. The summed E-state index contributed by atoms with van der Waals surface area (Å²) >= 11 is 9.47. The minimum atomic E-state index is -0.326. The number of nitrogens with zero attached hydrogens (tertiary/aromatic N) is 1. The van der Waals surface area contributed by atoms with Gasteiger partial charge in [0.2, 0.25) is 0 Å². The first kappa shape index (κ1) is 11.4. The third-order valence-corrected chi connectivity index (χ3v) is 3.91. The molecule has 2 heterocycles. The van der Waals surface area contributed by atoms with Gasteiger partial charge in [0.1, 0.15) is 5.82 Å². The smallest absolute Gasteiger partial charge is 0.139 e. The van der Waals surface area contributed by atoms with Crippen molar-refractivity contribution in [1.29, 1.82) is 0 Å². The largest absolute Gasteiger partial charge is 0.376 e. The van der Waals surface area contributed by atoms with Crippen LogP contribution in [0.4, 0.5) is 4.39 Å². The van der Waals surface area contributed by atoms with Crippen LogP contribution in [0.25, 0.3) is 10.9 Å². The minimum Gasteiger partial charge on any atom is -0.376 e. The highest BCUT2D eigenvalue weighted by atomic mass is 79.9. The van der Waals surface area contributed by atoms with Crippen LogP contribution in [0.15, 0.2) is 16.6 Å². The number of ether oxygens (including phenoxy) is 1. The van der Waals surface area contributed by atoms with Crippen molar-refractivity contribution in [3.63, 3.8) is 0 Å². The maximum Gasteiger partial charge on any atom is 0.139 e. The SMILES string of the molecule is Fc1cc2nc3c(c(Cl)c2cc1Br)COCC3. The van der Waals surface area contributed by atoms with Gasteiger partial charge in [-0.3, -0.25) is 4.98 Å². The Kier molecular flexibility index (Phi) is 2.81. The van der Waals surface area contributed by atoms with Gasteiger partial charge in [-0.1, -0.05) is 11.6 Å². The topological polar surface area (TPSA) is 22.1 Å². The van der Waals surface area contributed by atoms with Gasteiger partial charge in [-0.2, -0.15) is 0 Å². The van der Waals surface area contributed by atoms with Crippen LogP contribution < -0.4 is 0 Å². The molecule has 0 amide bonds. The average molecular weight is 317 g/mol. The van der Waals surface area contributed by atoms with Crippen molar-refractivity contribution in [2.75, 3.05) is 6.61 Å². The lowest BCUT2D eigenvalue weighted by molar-refractivity contribution is 0.109. The number of rotatable bonds is 0. The standard InChI is InChI=1S/C12H8BrClFNO/c13-8-3-6-11(4-9(8)15)16-10-1-2-17-5-7(10)12(6)14/h3-4H,1-2,5H2. The zero-order valence-corrected chi connectivity index (χ0v) is 11.1. The molecule has 2 nitrogen and oxygen atoms in total. The van der Waals surface area contributed by atoms with Crippen molar-refractivity contribution in [3.8, 4) is 0 Å². The maximum atomic E-state index is 13.5. The monoisotopic (exact) mass is 315 g/mol. The lowest BCUT2D eigenvalue weighted by Gasteiger charge is -2.18. The molecule has 1 aromatic carbocycles. The number of benzene rings is 1. The average Bonchev–Trinajstić information content (AvgIpc) is 2.32. The number of hydrogen-bond donors (Lipinski definition) is 0. The molecule has 2 aromatic rings. The Hall–Kier alpha value is -0.710. The van der Waals surface area contributed by atoms with Crippen LogP contribution >= 0.6 is 27.5 Å². The molecule has 1 aromatic heterocycles. The lowest BCUT2D eigenvalue weighted by Crippen LogP contribution is -2.12. The van der Waals surface area contributed by atoms with E-state index in [9.17, 15) is 4.39 Å². The number of hydrogen-bond acceptors (Lipinski definition) is 2. The van der Waals surface area contributed by atoms with E-state index in [1.807, 2.05) is 0 Å². The van der Waals surface area contributed by atoms with Crippen molar-refractivity contribution in [1.82, 2.24) is 4.98 Å². The Morgan fingerprint density at radius 3 is 3.06 bits per heavy atom. The Balaban J connectivity index is 2.36. The van der Waals surface area contributed by atoms with Gasteiger partial charge in [0.05, 0.1) is 33.9 Å². The third kappa shape index (κ3) is 1.84. The van der Waals surface area contributed by atoms with Gasteiger partial charge < -0.3 is 4.74 Å². The Morgan fingerprint density at radius 2 is 2.24 bits per heavy atom. The van der Waals surface area contributed by atoms with E-state index in [1.54, 1.807) is 6.07 Å². The van der Waals surface area contributed by atoms with Gasteiger partial charge in [-0.05, 0) is 22.0 Å². The summed E-state index contributed by atoms with van der Waals surface area (Å²) in [5, 5.41) is 1.37. The van der Waals surface area contributed by atoms with Gasteiger partial charge in [-0.25, -0.2) is 4.39 Å². The minimum absolute atomic E-state index is 0.326. The molecule has 88 valence electrons. The summed E-state index contributed by atoms with van der Waals surface area (Å²) < 4.78 is 19.2. The normalized spacial score (nSPS) is 15.0. The van der Waals surface area contributed by atoms with Crippen molar-refractivity contribution >= 4 is 38.4 Å². The molecular weight excluding hydrogens is 308 g/mol. The molecule has 17 heavy (non-hydrogen) atoms. The summed E-state index contributed by atoms with van der Waals surface area (Å²) in [5.74, 6) is -0.326. The number of fused-ring (bicyclic) bond motifs is 2. The van der Waals surface area contributed by atoms with Crippen molar-refractivity contribution in [2.45, 2.75) is 13.0 Å². The van der Waals surface area contributed by atoms with Gasteiger partial charge in [0.15, 0.2) is 0 Å². The van der Waals surface area contributed by atoms with E-state index in [2.05, 4.69) is 20.9 Å². The van der Waals surface area contributed by atoms with Crippen molar-refractivity contribution < 1.29 is 9.13 Å². The van der Waals surface area contributed by atoms with Crippen LogP contribution in [0.5, 0.6) is 0 Å². The molecule has 0 saturated heterocycles. The molecule has 1 aliphatic heterocycles. The number of aromatic nitrogens is 1. The summed E-state index contributed by atoms with van der Waals surface area (Å²) in [4.78, 5) is 4.45. The molecular formula is C12H8BrClFNO. The highest BCUT2D eigenvalue weighted by Gasteiger charge is 2.18. The van der Waals surface area contributed by atoms with E-state index < -0.39 is 0 Å². The van der Waals surface area contributed by atoms with E-state index in [1.165, 1.54) is 6.07 Å². The van der Waals surface area contributed by atoms with Gasteiger partial charge in [0, 0.05) is 23.4 Å². The van der Waals surface area contributed by atoms with Crippen molar-refractivity contribution in [3.05, 3.63) is 38.7 Å². The molecule has 0 bridgehead atoms. The zero-order valence-electron chi connectivity index (χ0n) is 8.77. The molecule has 1 aliphatic rings. The molecule has 3 rings (SSSR count). The van der Waals surface area contributed by atoms with Crippen LogP contribution in [0, 0.1) is 5.82 Å². The van der Waals surface area contributed by atoms with E-state index in [4.69, 9.17) is 16.3 Å². The molecule has 0 radical (unpaired) electrons. The van der Waals surface area contributed by atoms with Crippen molar-refractivity contribution in [2.24, 2.45) is 0 Å². The Bertz CT molecular complexity index is 617. The molecule has 0 fully saturated rings. The third-order valence-electron chi connectivity index (χ3n) is 2.87. The predicted molar refractivity (Wildman–Crippen MR) is 67.8 cm³/mol. The second-order valence-electron chi connectivity index (χ2n) is 3.94. The van der Waals surface area contributed by atoms with Crippen LogP contribution in [0.3, 0.4) is 0 Å². The molecule has 0 saturated carbocycles. The summed E-state index contributed by atoms with van der Waals surface area (Å²) in [6.07, 6.45) is 0.725. The van der Waals surface area contributed by atoms with Crippen LogP contribution in [-0.2, 0) is 17.8 Å². The fourth-order valence-electron chi connectivity index (χ4n) is 2.00. The van der Waals surface area contributed by atoms with Crippen LogP contribution in [0.1, 0.15) is 11.3 Å². The van der Waals surface area contributed by atoms with Gasteiger partial charge in [-0.15, -0.1) is 0 Å². The van der Waals surface area contributed by atoms with E-state index in [-0.39, 0.29) is 5.82 Å². The first-order valence-corrected chi connectivity index (χ1v) is 6.37. The molecule has 0 spiro atoms. The zero-order chi connectivity index (χ0) is 12.0. The summed E-state index contributed by atoms with van der Waals surface area (Å²) in [6.45, 7) is 1.12. The van der Waals surface area contributed by atoms with Gasteiger partial charge >= 0.3 is 0 Å². The summed E-state index contributed by atoms with van der Waals surface area (Å²) in [7, 11) is 0. The quantitative estimate of drug-likeness (QED) is 0.736.